The third kappa shape index (κ3) is 4.85. The zero-order valence-electron chi connectivity index (χ0n) is 17.5. The molecule has 0 amide bonds. The average molecular weight is 408 g/mol. The number of hydrogen-bond acceptors (Lipinski definition) is 5. The van der Waals surface area contributed by atoms with Crippen LogP contribution in [0.5, 0.6) is 11.5 Å². The van der Waals surface area contributed by atoms with Gasteiger partial charge in [0.1, 0.15) is 11.5 Å². The maximum absolute atomic E-state index is 12.2. The second-order valence-corrected chi connectivity index (χ2v) is 7.51. The molecule has 1 unspecified atom stereocenters. The van der Waals surface area contributed by atoms with Crippen LogP contribution >= 0.6 is 0 Å². The Bertz CT molecular complexity index is 912. The smallest absolute Gasteiger partial charge is 0.330 e. The fraction of sp³-hybridized carbons (Fsp3) is 0.417. The summed E-state index contributed by atoms with van der Waals surface area (Å²) in [5, 5.41) is 22.1. The van der Waals surface area contributed by atoms with E-state index in [1.807, 2.05) is 13.0 Å². The Morgan fingerprint density at radius 3 is 2.50 bits per heavy atom. The summed E-state index contributed by atoms with van der Waals surface area (Å²) in [6.45, 7) is 2.41. The van der Waals surface area contributed by atoms with Crippen molar-refractivity contribution >= 4 is 11.7 Å². The lowest BCUT2D eigenvalue weighted by Gasteiger charge is -2.27. The third-order valence-corrected chi connectivity index (χ3v) is 5.56. The van der Waals surface area contributed by atoms with Crippen LogP contribution in [0.15, 0.2) is 36.4 Å². The van der Waals surface area contributed by atoms with Crippen LogP contribution in [0.3, 0.4) is 0 Å². The number of aliphatic carboxylic acids is 1. The van der Waals surface area contributed by atoms with Crippen LogP contribution in [0.4, 0.5) is 5.69 Å². The van der Waals surface area contributed by atoms with Gasteiger partial charge in [-0.25, -0.2) is 4.79 Å². The Morgan fingerprint density at radius 1 is 1.23 bits per heavy atom. The van der Waals surface area contributed by atoms with E-state index in [4.69, 9.17) is 14.7 Å². The summed E-state index contributed by atoms with van der Waals surface area (Å²) in [5.41, 5.74) is 2.69. The molecule has 0 aliphatic heterocycles. The predicted octanol–water partition coefficient (Wildman–Crippen LogP) is 5.25. The number of ether oxygens (including phenoxy) is 2. The maximum Gasteiger partial charge on any atom is 0.330 e. The lowest BCUT2D eigenvalue weighted by Crippen LogP contribution is -2.22. The number of carboxylic acid groups (broad SMARTS) is 1. The first-order chi connectivity index (χ1) is 14.6. The molecule has 2 aromatic rings. The highest BCUT2D eigenvalue weighted by atomic mass is 16.5. The number of carboxylic acids is 1. The Morgan fingerprint density at radius 2 is 1.93 bits per heavy atom. The molecule has 1 fully saturated rings. The molecule has 3 rings (SSSR count). The molecule has 1 saturated carbocycles. The van der Waals surface area contributed by atoms with Gasteiger partial charge in [-0.3, -0.25) is 0 Å². The zero-order valence-corrected chi connectivity index (χ0v) is 17.5. The van der Waals surface area contributed by atoms with Crippen LogP contribution in [0.2, 0.25) is 0 Å². The lowest BCUT2D eigenvalue weighted by molar-refractivity contribution is -0.138. The monoisotopic (exact) mass is 408 g/mol. The summed E-state index contributed by atoms with van der Waals surface area (Å²) < 4.78 is 11.5. The van der Waals surface area contributed by atoms with Gasteiger partial charge in [-0.15, -0.1) is 0 Å². The molecule has 2 aromatic carbocycles. The van der Waals surface area contributed by atoms with Crippen molar-refractivity contribution in [3.8, 4) is 17.6 Å². The van der Waals surface area contributed by atoms with Gasteiger partial charge < -0.3 is 19.9 Å². The largest absolute Gasteiger partial charge is 0.496 e. The van der Waals surface area contributed by atoms with E-state index in [0.29, 0.717) is 40.8 Å². The van der Waals surface area contributed by atoms with E-state index in [-0.39, 0.29) is 0 Å². The number of nitrogens with one attached hydrogen (secondary N) is 1. The molecule has 158 valence electrons. The topological polar surface area (TPSA) is 91.6 Å². The zero-order chi connectivity index (χ0) is 21.5. The predicted molar refractivity (Wildman–Crippen MR) is 115 cm³/mol. The number of rotatable bonds is 8. The van der Waals surface area contributed by atoms with Crippen molar-refractivity contribution < 1.29 is 19.4 Å². The van der Waals surface area contributed by atoms with Gasteiger partial charge >= 0.3 is 5.97 Å². The van der Waals surface area contributed by atoms with E-state index in [0.717, 1.165) is 31.2 Å². The number of methoxy groups -OCH3 is 1. The standard InChI is InChI=1S/C24H28N2O4/c1-3-30-19-13-20(17-7-5-4-6-8-17)23(29-2)21(14-19)22(24(27)28)26-18-11-9-16(15-25)10-12-18/h9-14,17,22,26H,3-8H2,1-2H3,(H,27,28). The molecule has 6 nitrogen and oxygen atoms in total. The number of benzene rings is 2. The summed E-state index contributed by atoms with van der Waals surface area (Å²) in [6.07, 6.45) is 5.68. The summed E-state index contributed by atoms with van der Waals surface area (Å²) in [7, 11) is 1.59. The third-order valence-electron chi connectivity index (χ3n) is 5.56. The van der Waals surface area contributed by atoms with Gasteiger partial charge in [-0.05, 0) is 62.1 Å². The first kappa shape index (κ1) is 21.5. The van der Waals surface area contributed by atoms with E-state index in [2.05, 4.69) is 11.4 Å². The molecule has 1 aliphatic rings. The summed E-state index contributed by atoms with van der Waals surface area (Å²) >= 11 is 0. The Hall–Kier alpha value is -3.20. The minimum absolute atomic E-state index is 0.331. The highest BCUT2D eigenvalue weighted by Gasteiger charge is 2.29. The van der Waals surface area contributed by atoms with Crippen molar-refractivity contribution in [1.29, 1.82) is 5.26 Å². The van der Waals surface area contributed by atoms with E-state index in [1.165, 1.54) is 6.42 Å². The summed E-state index contributed by atoms with van der Waals surface area (Å²) in [6, 6.07) is 11.5. The second-order valence-electron chi connectivity index (χ2n) is 7.51. The molecule has 0 heterocycles. The van der Waals surface area contributed by atoms with Gasteiger partial charge in [0.15, 0.2) is 6.04 Å². The minimum Gasteiger partial charge on any atom is -0.496 e. The van der Waals surface area contributed by atoms with E-state index in [9.17, 15) is 9.90 Å². The molecule has 2 N–H and O–H groups in total. The Balaban J connectivity index is 2.05. The first-order valence-corrected chi connectivity index (χ1v) is 10.4. The normalized spacial score (nSPS) is 15.1. The highest BCUT2D eigenvalue weighted by molar-refractivity contribution is 5.81. The molecule has 0 bridgehead atoms. The van der Waals surface area contributed by atoms with Crippen molar-refractivity contribution in [3.05, 3.63) is 53.1 Å². The maximum atomic E-state index is 12.2. The van der Waals surface area contributed by atoms with Crippen LogP contribution in [0.25, 0.3) is 0 Å². The second kappa shape index (κ2) is 10.0. The van der Waals surface area contributed by atoms with Crippen molar-refractivity contribution in [2.24, 2.45) is 0 Å². The molecule has 30 heavy (non-hydrogen) atoms. The molecule has 0 saturated heterocycles. The fourth-order valence-corrected chi connectivity index (χ4v) is 4.14. The van der Waals surface area contributed by atoms with Crippen LogP contribution in [-0.2, 0) is 4.79 Å². The van der Waals surface area contributed by atoms with Gasteiger partial charge in [-0.2, -0.15) is 5.26 Å². The van der Waals surface area contributed by atoms with Crippen molar-refractivity contribution in [1.82, 2.24) is 0 Å². The molecule has 1 atom stereocenters. The van der Waals surface area contributed by atoms with Crippen LogP contribution in [0, 0.1) is 11.3 Å². The number of nitriles is 1. The van der Waals surface area contributed by atoms with E-state index < -0.39 is 12.0 Å². The average Bonchev–Trinajstić information content (AvgIpc) is 2.78. The van der Waals surface area contributed by atoms with Crippen molar-refractivity contribution in [3.63, 3.8) is 0 Å². The summed E-state index contributed by atoms with van der Waals surface area (Å²) in [4.78, 5) is 12.2. The van der Waals surface area contributed by atoms with E-state index >= 15 is 0 Å². The van der Waals surface area contributed by atoms with Gasteiger partial charge in [-0.1, -0.05) is 19.3 Å². The molecule has 0 spiro atoms. The Labute approximate surface area is 177 Å². The molecule has 1 aliphatic carbocycles. The van der Waals surface area contributed by atoms with E-state index in [1.54, 1.807) is 37.4 Å². The highest BCUT2D eigenvalue weighted by Crippen LogP contribution is 2.43. The molecular weight excluding hydrogens is 380 g/mol. The van der Waals surface area contributed by atoms with Crippen molar-refractivity contribution in [2.45, 2.75) is 51.0 Å². The fourth-order valence-electron chi connectivity index (χ4n) is 4.14. The molecular formula is C24H28N2O4. The van der Waals surface area contributed by atoms with Crippen LogP contribution in [-0.4, -0.2) is 24.8 Å². The van der Waals surface area contributed by atoms with Gasteiger partial charge in [0, 0.05) is 16.8 Å². The molecule has 0 aromatic heterocycles. The number of anilines is 1. The molecule has 0 radical (unpaired) electrons. The number of hydrogen-bond donors (Lipinski definition) is 2. The SMILES string of the molecule is CCOc1cc(C2CCCCC2)c(OC)c(C(Nc2ccc(C#N)cc2)C(=O)O)c1. The minimum atomic E-state index is -1.02. The number of carbonyl (C=O) groups is 1. The van der Waals surface area contributed by atoms with Gasteiger partial charge in [0.25, 0.3) is 0 Å². The van der Waals surface area contributed by atoms with Gasteiger partial charge in [0.05, 0.1) is 25.3 Å². The number of nitrogens with zero attached hydrogens (tertiary/aromatic N) is 1. The molecule has 6 heteroatoms. The van der Waals surface area contributed by atoms with Crippen molar-refractivity contribution in [2.75, 3.05) is 19.0 Å². The van der Waals surface area contributed by atoms with Crippen LogP contribution < -0.4 is 14.8 Å². The lowest BCUT2D eigenvalue weighted by atomic mass is 9.82. The quantitative estimate of drug-likeness (QED) is 0.620. The summed E-state index contributed by atoms with van der Waals surface area (Å²) in [5.74, 6) is 0.582. The first-order valence-electron chi connectivity index (χ1n) is 10.4. The van der Waals surface area contributed by atoms with Crippen LogP contribution in [0.1, 0.15) is 67.7 Å². The van der Waals surface area contributed by atoms with Gasteiger partial charge in [0.2, 0.25) is 0 Å². The Kier molecular flexibility index (Phi) is 7.18.